The van der Waals surface area contributed by atoms with Gasteiger partial charge in [0, 0.05) is 19.1 Å². The molecule has 1 amide bonds. The number of carbonyl (C=O) groups excluding carboxylic acids is 1. The summed E-state index contributed by atoms with van der Waals surface area (Å²) in [5.74, 6) is -1.67. The fourth-order valence-electron chi connectivity index (χ4n) is 3.43. The zero-order chi connectivity index (χ0) is 15.7. The van der Waals surface area contributed by atoms with Crippen LogP contribution in [0.4, 0.5) is 14.5 Å². The summed E-state index contributed by atoms with van der Waals surface area (Å²) in [5, 5.41) is 12.7. The highest BCUT2D eigenvalue weighted by molar-refractivity contribution is 5.80. The van der Waals surface area contributed by atoms with E-state index in [4.69, 9.17) is 0 Å². The largest absolute Gasteiger partial charge is 0.392 e. The smallest absolute Gasteiger partial charge is 0.226 e. The number of para-hydroxylation sites is 1. The van der Waals surface area contributed by atoms with Gasteiger partial charge in [-0.05, 0) is 37.8 Å². The Morgan fingerprint density at radius 1 is 1.23 bits per heavy atom. The van der Waals surface area contributed by atoms with Gasteiger partial charge in [0.1, 0.15) is 17.3 Å². The Bertz CT molecular complexity index is 547. The van der Waals surface area contributed by atoms with Crippen LogP contribution in [0.3, 0.4) is 0 Å². The number of carbonyl (C=O) groups is 1. The van der Waals surface area contributed by atoms with Crippen LogP contribution in [0.25, 0.3) is 0 Å². The number of aliphatic hydroxyl groups excluding tert-OH is 1. The van der Waals surface area contributed by atoms with Crippen LogP contribution in [0.1, 0.15) is 25.7 Å². The molecule has 2 fully saturated rings. The molecule has 1 aliphatic heterocycles. The molecule has 22 heavy (non-hydrogen) atoms. The van der Waals surface area contributed by atoms with Crippen LogP contribution in [0, 0.1) is 17.6 Å². The van der Waals surface area contributed by atoms with E-state index in [0.717, 1.165) is 6.42 Å². The number of hydrogen-bond donors (Lipinski definition) is 2. The third kappa shape index (κ3) is 2.92. The van der Waals surface area contributed by atoms with E-state index in [1.807, 2.05) is 0 Å². The molecule has 1 saturated carbocycles. The molecule has 0 aromatic heterocycles. The SMILES string of the molecule is O=C(NC1CCN(c2c(F)cccc2F)C1)C1CCCC1O. The van der Waals surface area contributed by atoms with Crippen LogP contribution in [0.5, 0.6) is 0 Å². The van der Waals surface area contributed by atoms with E-state index in [1.54, 1.807) is 4.90 Å². The van der Waals surface area contributed by atoms with Crippen molar-refractivity contribution in [2.45, 2.75) is 37.8 Å². The zero-order valence-electron chi connectivity index (χ0n) is 12.3. The molecule has 3 atom stereocenters. The predicted octanol–water partition coefficient (Wildman–Crippen LogP) is 1.82. The second kappa shape index (κ2) is 6.20. The second-order valence-electron chi connectivity index (χ2n) is 6.12. The molecule has 1 saturated heterocycles. The first-order valence-corrected chi connectivity index (χ1v) is 7.73. The van der Waals surface area contributed by atoms with E-state index in [9.17, 15) is 18.7 Å². The van der Waals surface area contributed by atoms with E-state index in [2.05, 4.69) is 5.32 Å². The Kier molecular flexibility index (Phi) is 4.29. The molecule has 120 valence electrons. The van der Waals surface area contributed by atoms with Crippen molar-refractivity contribution in [3.05, 3.63) is 29.8 Å². The number of amides is 1. The van der Waals surface area contributed by atoms with Gasteiger partial charge in [-0.3, -0.25) is 4.79 Å². The lowest BCUT2D eigenvalue weighted by Gasteiger charge is -2.21. The third-order valence-corrected chi connectivity index (χ3v) is 4.60. The molecule has 2 N–H and O–H groups in total. The van der Waals surface area contributed by atoms with Gasteiger partial charge in [0.05, 0.1) is 12.0 Å². The van der Waals surface area contributed by atoms with Gasteiger partial charge in [-0.2, -0.15) is 0 Å². The van der Waals surface area contributed by atoms with Crippen molar-refractivity contribution in [2.24, 2.45) is 5.92 Å². The molecule has 0 spiro atoms. The van der Waals surface area contributed by atoms with E-state index in [0.29, 0.717) is 32.4 Å². The summed E-state index contributed by atoms with van der Waals surface area (Å²) >= 11 is 0. The molecule has 1 aromatic rings. The van der Waals surface area contributed by atoms with Gasteiger partial charge in [-0.25, -0.2) is 8.78 Å². The summed E-state index contributed by atoms with van der Waals surface area (Å²) in [4.78, 5) is 13.8. The Balaban J connectivity index is 1.62. The number of hydrogen-bond acceptors (Lipinski definition) is 3. The highest BCUT2D eigenvalue weighted by atomic mass is 19.1. The molecule has 3 rings (SSSR count). The first-order chi connectivity index (χ1) is 10.6. The van der Waals surface area contributed by atoms with Crippen molar-refractivity contribution in [3.8, 4) is 0 Å². The molecule has 6 heteroatoms. The van der Waals surface area contributed by atoms with E-state index in [1.165, 1.54) is 18.2 Å². The molecule has 4 nitrogen and oxygen atoms in total. The van der Waals surface area contributed by atoms with Crippen LogP contribution in [-0.4, -0.2) is 36.2 Å². The fraction of sp³-hybridized carbons (Fsp3) is 0.562. The average Bonchev–Trinajstić information content (AvgIpc) is 3.08. The van der Waals surface area contributed by atoms with Crippen molar-refractivity contribution < 1.29 is 18.7 Å². The van der Waals surface area contributed by atoms with Gasteiger partial charge in [0.2, 0.25) is 5.91 Å². The van der Waals surface area contributed by atoms with Crippen molar-refractivity contribution >= 4 is 11.6 Å². The summed E-state index contributed by atoms with van der Waals surface area (Å²) in [6, 6.07) is 3.67. The Morgan fingerprint density at radius 3 is 2.59 bits per heavy atom. The van der Waals surface area contributed by atoms with E-state index in [-0.39, 0.29) is 23.6 Å². The van der Waals surface area contributed by atoms with Crippen molar-refractivity contribution in [3.63, 3.8) is 0 Å². The van der Waals surface area contributed by atoms with Crippen LogP contribution < -0.4 is 10.2 Å². The summed E-state index contributed by atoms with van der Waals surface area (Å²) in [7, 11) is 0. The Labute approximate surface area is 128 Å². The van der Waals surface area contributed by atoms with Crippen LogP contribution >= 0.6 is 0 Å². The highest BCUT2D eigenvalue weighted by Gasteiger charge is 2.34. The van der Waals surface area contributed by atoms with Gasteiger partial charge in [-0.15, -0.1) is 0 Å². The van der Waals surface area contributed by atoms with Crippen LogP contribution in [0.2, 0.25) is 0 Å². The Morgan fingerprint density at radius 2 is 1.95 bits per heavy atom. The summed E-state index contributed by atoms with van der Waals surface area (Å²) < 4.78 is 27.6. The number of benzene rings is 1. The lowest BCUT2D eigenvalue weighted by atomic mass is 10.0. The monoisotopic (exact) mass is 310 g/mol. The number of halogens is 2. The highest BCUT2D eigenvalue weighted by Crippen LogP contribution is 2.28. The molecular weight excluding hydrogens is 290 g/mol. The Hall–Kier alpha value is -1.69. The second-order valence-corrected chi connectivity index (χ2v) is 6.12. The molecule has 3 unspecified atom stereocenters. The number of rotatable bonds is 3. The molecule has 2 aliphatic rings. The minimum atomic E-state index is -0.585. The van der Waals surface area contributed by atoms with Gasteiger partial charge in [0.15, 0.2) is 0 Å². The minimum absolute atomic E-state index is 0.0276. The topological polar surface area (TPSA) is 52.6 Å². The maximum absolute atomic E-state index is 13.8. The maximum atomic E-state index is 13.8. The predicted molar refractivity (Wildman–Crippen MR) is 78.5 cm³/mol. The summed E-state index contributed by atoms with van der Waals surface area (Å²) in [6.07, 6.45) is 2.29. The van der Waals surface area contributed by atoms with Gasteiger partial charge >= 0.3 is 0 Å². The van der Waals surface area contributed by atoms with Crippen LogP contribution in [-0.2, 0) is 4.79 Å². The summed E-state index contributed by atoms with van der Waals surface area (Å²) in [6.45, 7) is 0.877. The number of nitrogens with zero attached hydrogens (tertiary/aromatic N) is 1. The molecule has 1 aromatic carbocycles. The molecule has 1 heterocycles. The lowest BCUT2D eigenvalue weighted by molar-refractivity contribution is -0.128. The number of nitrogens with one attached hydrogen (secondary N) is 1. The van der Waals surface area contributed by atoms with Crippen LogP contribution in [0.15, 0.2) is 18.2 Å². The number of anilines is 1. The van der Waals surface area contributed by atoms with Gasteiger partial charge in [-0.1, -0.05) is 6.07 Å². The van der Waals surface area contributed by atoms with Crippen molar-refractivity contribution in [1.82, 2.24) is 5.32 Å². The molecule has 0 radical (unpaired) electrons. The molecule has 0 bridgehead atoms. The van der Waals surface area contributed by atoms with E-state index >= 15 is 0 Å². The van der Waals surface area contributed by atoms with E-state index < -0.39 is 17.7 Å². The first-order valence-electron chi connectivity index (χ1n) is 7.73. The normalized spacial score (nSPS) is 28.1. The molecular formula is C16H20F2N2O2. The first kappa shape index (κ1) is 15.2. The lowest BCUT2D eigenvalue weighted by Crippen LogP contribution is -2.42. The molecule has 1 aliphatic carbocycles. The van der Waals surface area contributed by atoms with Crippen molar-refractivity contribution in [1.29, 1.82) is 0 Å². The quantitative estimate of drug-likeness (QED) is 0.895. The third-order valence-electron chi connectivity index (χ3n) is 4.60. The standard InChI is InChI=1S/C16H20F2N2O2/c17-12-4-2-5-13(18)15(12)20-8-7-10(9-20)19-16(22)11-3-1-6-14(11)21/h2,4-5,10-11,14,21H,1,3,6-9H2,(H,19,22). The van der Waals surface area contributed by atoms with Crippen molar-refractivity contribution in [2.75, 3.05) is 18.0 Å². The van der Waals surface area contributed by atoms with Gasteiger partial charge < -0.3 is 15.3 Å². The average molecular weight is 310 g/mol. The summed E-state index contributed by atoms with van der Waals surface area (Å²) in [5.41, 5.74) is -0.0276. The number of aliphatic hydroxyl groups is 1. The zero-order valence-corrected chi connectivity index (χ0v) is 12.3. The fourth-order valence-corrected chi connectivity index (χ4v) is 3.43. The maximum Gasteiger partial charge on any atom is 0.226 e. The minimum Gasteiger partial charge on any atom is -0.392 e. The van der Waals surface area contributed by atoms with Gasteiger partial charge in [0.25, 0.3) is 0 Å².